The molecule has 1 unspecified atom stereocenters. The maximum atomic E-state index is 12.1. The van der Waals surface area contributed by atoms with E-state index < -0.39 is 18.1 Å². The van der Waals surface area contributed by atoms with Gasteiger partial charge in [0.05, 0.1) is 13.2 Å². The van der Waals surface area contributed by atoms with Gasteiger partial charge in [0.1, 0.15) is 12.6 Å². The standard InChI is InChI=1S/C25H30N2O6/c1-2-7-22(24(29)30)27-23(28)12-14-32-15-13-26-25(31)33-16-21-19-10-5-3-8-17(19)18-9-4-6-11-20(18)21/h3-6,8-11,21-22H,2,7,12-16H2,1H3,(H,26,31)(H,27,28)(H,29,30). The van der Waals surface area contributed by atoms with Crippen LogP contribution in [-0.4, -0.2) is 55.5 Å². The van der Waals surface area contributed by atoms with E-state index in [1.54, 1.807) is 0 Å². The number of carboxylic acid groups (broad SMARTS) is 1. The number of aliphatic carboxylic acids is 1. The molecule has 3 rings (SSSR count). The van der Waals surface area contributed by atoms with Gasteiger partial charge >= 0.3 is 12.1 Å². The maximum Gasteiger partial charge on any atom is 0.407 e. The lowest BCUT2D eigenvalue weighted by Crippen LogP contribution is -2.41. The molecule has 2 aromatic carbocycles. The summed E-state index contributed by atoms with van der Waals surface area (Å²) in [6, 6.07) is 15.4. The van der Waals surface area contributed by atoms with Crippen molar-refractivity contribution in [1.82, 2.24) is 10.6 Å². The Balaban J connectivity index is 1.33. The van der Waals surface area contributed by atoms with Crippen molar-refractivity contribution in [3.05, 3.63) is 59.7 Å². The van der Waals surface area contributed by atoms with Gasteiger partial charge in [0.2, 0.25) is 5.91 Å². The van der Waals surface area contributed by atoms with E-state index in [-0.39, 0.29) is 44.6 Å². The summed E-state index contributed by atoms with van der Waals surface area (Å²) in [4.78, 5) is 35.0. The van der Waals surface area contributed by atoms with Gasteiger partial charge in [-0.2, -0.15) is 0 Å². The van der Waals surface area contributed by atoms with Gasteiger partial charge in [-0.15, -0.1) is 0 Å². The Morgan fingerprint density at radius 1 is 1.00 bits per heavy atom. The number of carbonyl (C=O) groups is 3. The minimum atomic E-state index is -1.04. The van der Waals surface area contributed by atoms with Crippen LogP contribution in [0.4, 0.5) is 4.79 Å². The van der Waals surface area contributed by atoms with Crippen LogP contribution in [0.3, 0.4) is 0 Å². The van der Waals surface area contributed by atoms with Crippen LogP contribution in [-0.2, 0) is 19.1 Å². The summed E-state index contributed by atoms with van der Waals surface area (Å²) in [5.74, 6) is -1.42. The van der Waals surface area contributed by atoms with Gasteiger partial charge in [0, 0.05) is 18.9 Å². The lowest BCUT2D eigenvalue weighted by molar-refractivity contribution is -0.142. The van der Waals surface area contributed by atoms with Crippen LogP contribution in [0.2, 0.25) is 0 Å². The van der Waals surface area contributed by atoms with E-state index in [0.29, 0.717) is 12.8 Å². The predicted octanol–water partition coefficient (Wildman–Crippen LogP) is 3.30. The van der Waals surface area contributed by atoms with Crippen LogP contribution in [0.25, 0.3) is 11.1 Å². The highest BCUT2D eigenvalue weighted by atomic mass is 16.5. The molecule has 2 amide bonds. The third kappa shape index (κ3) is 6.55. The van der Waals surface area contributed by atoms with Crippen LogP contribution in [0.5, 0.6) is 0 Å². The average Bonchev–Trinajstić information content (AvgIpc) is 3.13. The van der Waals surface area contributed by atoms with Crippen molar-refractivity contribution in [3.8, 4) is 11.1 Å². The molecule has 0 aliphatic heterocycles. The molecule has 0 fully saturated rings. The van der Waals surface area contributed by atoms with Gasteiger partial charge in [-0.05, 0) is 28.7 Å². The van der Waals surface area contributed by atoms with Crippen molar-refractivity contribution in [3.63, 3.8) is 0 Å². The number of carboxylic acids is 1. The zero-order valence-corrected chi connectivity index (χ0v) is 18.7. The summed E-state index contributed by atoms with van der Waals surface area (Å²) in [5.41, 5.74) is 4.64. The van der Waals surface area contributed by atoms with Gasteiger partial charge in [-0.3, -0.25) is 4.79 Å². The second-order valence-corrected chi connectivity index (χ2v) is 7.86. The Bertz CT molecular complexity index is 931. The maximum absolute atomic E-state index is 12.1. The molecule has 0 saturated heterocycles. The molecule has 0 saturated carbocycles. The third-order valence-corrected chi connectivity index (χ3v) is 5.54. The molecular formula is C25H30N2O6. The monoisotopic (exact) mass is 454 g/mol. The Morgan fingerprint density at radius 2 is 1.64 bits per heavy atom. The normalized spacial score (nSPS) is 13.0. The highest BCUT2D eigenvalue weighted by molar-refractivity contribution is 5.83. The SMILES string of the molecule is CCCC(NC(=O)CCOCCNC(=O)OCC1c2ccccc2-c2ccccc21)C(=O)O. The molecule has 1 aliphatic rings. The highest BCUT2D eigenvalue weighted by Crippen LogP contribution is 2.44. The molecule has 33 heavy (non-hydrogen) atoms. The van der Waals surface area contributed by atoms with Crippen LogP contribution in [0.1, 0.15) is 43.2 Å². The zero-order chi connectivity index (χ0) is 23.6. The summed E-state index contributed by atoms with van der Waals surface area (Å²) in [5, 5.41) is 14.2. The topological polar surface area (TPSA) is 114 Å². The number of ether oxygens (including phenoxy) is 2. The average molecular weight is 455 g/mol. The summed E-state index contributed by atoms with van der Waals surface area (Å²) >= 11 is 0. The predicted molar refractivity (Wildman–Crippen MR) is 123 cm³/mol. The van der Waals surface area contributed by atoms with Crippen LogP contribution in [0.15, 0.2) is 48.5 Å². The number of rotatable bonds is 12. The molecule has 1 atom stereocenters. The Hall–Kier alpha value is -3.39. The van der Waals surface area contributed by atoms with Gasteiger partial charge in [-0.25, -0.2) is 9.59 Å². The third-order valence-electron chi connectivity index (χ3n) is 5.54. The lowest BCUT2D eigenvalue weighted by atomic mass is 9.98. The quantitative estimate of drug-likeness (QED) is 0.424. The fraction of sp³-hybridized carbons (Fsp3) is 0.400. The second kappa shape index (κ2) is 12.0. The van der Waals surface area contributed by atoms with Crippen LogP contribution in [0, 0.1) is 0 Å². The molecular weight excluding hydrogens is 424 g/mol. The fourth-order valence-corrected chi connectivity index (χ4v) is 3.95. The van der Waals surface area contributed by atoms with Crippen molar-refractivity contribution in [2.45, 2.75) is 38.1 Å². The zero-order valence-electron chi connectivity index (χ0n) is 18.7. The molecule has 0 radical (unpaired) electrons. The highest BCUT2D eigenvalue weighted by Gasteiger charge is 2.28. The second-order valence-electron chi connectivity index (χ2n) is 7.86. The van der Waals surface area contributed by atoms with Gasteiger partial charge < -0.3 is 25.2 Å². The largest absolute Gasteiger partial charge is 0.480 e. The molecule has 1 aliphatic carbocycles. The molecule has 8 nitrogen and oxygen atoms in total. The molecule has 0 heterocycles. The van der Waals surface area contributed by atoms with E-state index in [1.807, 2.05) is 31.2 Å². The summed E-state index contributed by atoms with van der Waals surface area (Å²) in [6.07, 6.45) is 0.571. The van der Waals surface area contributed by atoms with Crippen molar-refractivity contribution in [2.75, 3.05) is 26.4 Å². The number of hydrogen-bond donors (Lipinski definition) is 3. The van der Waals surface area contributed by atoms with Crippen molar-refractivity contribution in [1.29, 1.82) is 0 Å². The van der Waals surface area contributed by atoms with Crippen LogP contribution >= 0.6 is 0 Å². The van der Waals surface area contributed by atoms with E-state index in [0.717, 1.165) is 11.1 Å². The number of hydrogen-bond acceptors (Lipinski definition) is 5. The first-order valence-electron chi connectivity index (χ1n) is 11.2. The molecule has 3 N–H and O–H groups in total. The molecule has 8 heteroatoms. The lowest BCUT2D eigenvalue weighted by Gasteiger charge is -2.15. The van der Waals surface area contributed by atoms with Crippen LogP contribution < -0.4 is 10.6 Å². The van der Waals surface area contributed by atoms with Crippen molar-refractivity contribution >= 4 is 18.0 Å². The van der Waals surface area contributed by atoms with E-state index >= 15 is 0 Å². The fourth-order valence-electron chi connectivity index (χ4n) is 3.95. The van der Waals surface area contributed by atoms with E-state index in [4.69, 9.17) is 14.6 Å². The van der Waals surface area contributed by atoms with E-state index in [9.17, 15) is 14.4 Å². The smallest absolute Gasteiger partial charge is 0.407 e. The Morgan fingerprint density at radius 3 is 2.24 bits per heavy atom. The molecule has 0 bridgehead atoms. The van der Waals surface area contributed by atoms with Crippen molar-refractivity contribution < 1.29 is 29.0 Å². The van der Waals surface area contributed by atoms with Crippen molar-refractivity contribution in [2.24, 2.45) is 0 Å². The molecule has 2 aromatic rings. The number of fused-ring (bicyclic) bond motifs is 3. The van der Waals surface area contributed by atoms with Gasteiger partial charge in [0.15, 0.2) is 0 Å². The van der Waals surface area contributed by atoms with E-state index in [2.05, 4.69) is 34.9 Å². The number of alkyl carbamates (subject to hydrolysis) is 1. The first kappa shape index (κ1) is 24.3. The van der Waals surface area contributed by atoms with E-state index in [1.165, 1.54) is 11.1 Å². The first-order chi connectivity index (χ1) is 16.0. The first-order valence-corrected chi connectivity index (χ1v) is 11.2. The van der Waals surface area contributed by atoms with Gasteiger partial charge in [0.25, 0.3) is 0 Å². The summed E-state index contributed by atoms with van der Waals surface area (Å²) in [6.45, 7) is 2.69. The minimum absolute atomic E-state index is 0.000231. The molecule has 0 aromatic heterocycles. The summed E-state index contributed by atoms with van der Waals surface area (Å²) < 4.78 is 10.8. The summed E-state index contributed by atoms with van der Waals surface area (Å²) in [7, 11) is 0. The number of amides is 2. The Labute approximate surface area is 193 Å². The Kier molecular flexibility index (Phi) is 8.83. The number of carbonyl (C=O) groups excluding carboxylic acids is 2. The molecule has 0 spiro atoms. The minimum Gasteiger partial charge on any atom is -0.480 e. The number of benzene rings is 2. The molecule has 176 valence electrons. The number of nitrogens with one attached hydrogen (secondary N) is 2. The van der Waals surface area contributed by atoms with Gasteiger partial charge in [-0.1, -0.05) is 61.9 Å².